The highest BCUT2D eigenvalue weighted by Crippen LogP contribution is 2.17. The second-order valence-electron chi connectivity index (χ2n) is 7.50. The summed E-state index contributed by atoms with van der Waals surface area (Å²) >= 11 is 0. The third kappa shape index (κ3) is 11.0. The number of nitrogens with one attached hydrogen (secondary N) is 1. The van der Waals surface area contributed by atoms with Crippen LogP contribution in [0.1, 0.15) is 85.0 Å². The van der Waals surface area contributed by atoms with Crippen LogP contribution in [-0.2, 0) is 9.53 Å². The average molecular weight is 325 g/mol. The summed E-state index contributed by atoms with van der Waals surface area (Å²) in [6, 6.07) is 0.494. The molecule has 0 aromatic carbocycles. The van der Waals surface area contributed by atoms with Gasteiger partial charge in [-0.1, -0.05) is 32.1 Å². The fourth-order valence-corrected chi connectivity index (χ4v) is 2.83. The molecule has 0 amide bonds. The van der Waals surface area contributed by atoms with Crippen LogP contribution in [-0.4, -0.2) is 30.1 Å². The Morgan fingerprint density at radius 3 is 2.39 bits per heavy atom. The zero-order valence-electron chi connectivity index (χ0n) is 15.2. The number of nitrogens with two attached hydrogens (primary N) is 1. The van der Waals surface area contributed by atoms with E-state index in [-0.39, 0.29) is 11.6 Å². The maximum absolute atomic E-state index is 11.6. The van der Waals surface area contributed by atoms with E-state index < -0.39 is 0 Å². The molecular formula is C18H35N3O2. The van der Waals surface area contributed by atoms with E-state index in [4.69, 9.17) is 10.5 Å². The van der Waals surface area contributed by atoms with Gasteiger partial charge in [0.15, 0.2) is 5.96 Å². The van der Waals surface area contributed by atoms with Crippen molar-refractivity contribution in [1.82, 2.24) is 5.32 Å². The van der Waals surface area contributed by atoms with Crippen molar-refractivity contribution >= 4 is 11.9 Å². The minimum absolute atomic E-state index is 0.115. The monoisotopic (exact) mass is 325 g/mol. The van der Waals surface area contributed by atoms with Crippen LogP contribution in [0.15, 0.2) is 4.99 Å². The van der Waals surface area contributed by atoms with Gasteiger partial charge >= 0.3 is 5.97 Å². The molecule has 134 valence electrons. The Bertz CT molecular complexity index is 367. The molecular weight excluding hydrogens is 290 g/mol. The first-order valence-corrected chi connectivity index (χ1v) is 9.15. The van der Waals surface area contributed by atoms with E-state index in [1.807, 2.05) is 20.8 Å². The summed E-state index contributed by atoms with van der Waals surface area (Å²) in [6.45, 7) is 6.40. The van der Waals surface area contributed by atoms with Crippen molar-refractivity contribution in [2.75, 3.05) is 6.54 Å². The second kappa shape index (κ2) is 10.5. The van der Waals surface area contributed by atoms with E-state index in [1.165, 1.54) is 38.5 Å². The molecule has 0 atom stereocenters. The molecule has 1 saturated carbocycles. The maximum Gasteiger partial charge on any atom is 0.306 e. The summed E-state index contributed by atoms with van der Waals surface area (Å²) in [5.41, 5.74) is 5.56. The number of carbonyl (C=O) groups is 1. The van der Waals surface area contributed by atoms with E-state index in [9.17, 15) is 4.79 Å². The van der Waals surface area contributed by atoms with Crippen molar-refractivity contribution in [3.63, 3.8) is 0 Å². The third-order valence-corrected chi connectivity index (χ3v) is 3.95. The Kier molecular flexibility index (Phi) is 9.03. The van der Waals surface area contributed by atoms with Gasteiger partial charge in [-0.3, -0.25) is 9.79 Å². The van der Waals surface area contributed by atoms with E-state index in [1.54, 1.807) is 0 Å². The summed E-state index contributed by atoms with van der Waals surface area (Å²) in [4.78, 5) is 16.0. The predicted molar refractivity (Wildman–Crippen MR) is 95.4 cm³/mol. The van der Waals surface area contributed by atoms with Gasteiger partial charge in [0.1, 0.15) is 5.60 Å². The lowest BCUT2D eigenvalue weighted by Crippen LogP contribution is -2.39. The number of hydrogen-bond acceptors (Lipinski definition) is 3. The number of esters is 1. The van der Waals surface area contributed by atoms with Crippen molar-refractivity contribution in [3.05, 3.63) is 0 Å². The molecule has 0 bridgehead atoms. The van der Waals surface area contributed by atoms with Crippen LogP contribution in [0, 0.1) is 0 Å². The fourth-order valence-electron chi connectivity index (χ4n) is 2.83. The van der Waals surface area contributed by atoms with Gasteiger partial charge in [0.2, 0.25) is 0 Å². The molecule has 1 aliphatic rings. The topological polar surface area (TPSA) is 76.7 Å². The smallest absolute Gasteiger partial charge is 0.306 e. The van der Waals surface area contributed by atoms with E-state index >= 15 is 0 Å². The molecule has 0 radical (unpaired) electrons. The molecule has 1 rings (SSSR count). The summed E-state index contributed by atoms with van der Waals surface area (Å²) < 4.78 is 5.28. The quantitative estimate of drug-likeness (QED) is 0.247. The normalized spacial score (nSPS) is 17.6. The highest BCUT2D eigenvalue weighted by Gasteiger charge is 2.15. The number of rotatable bonds is 7. The number of guanidine groups is 1. The largest absolute Gasteiger partial charge is 0.460 e. The number of hydrogen-bond donors (Lipinski definition) is 2. The number of unbranched alkanes of at least 4 members (excludes halogenated alkanes) is 2. The predicted octanol–water partition coefficient (Wildman–Crippen LogP) is 3.52. The van der Waals surface area contributed by atoms with E-state index in [2.05, 4.69) is 10.3 Å². The van der Waals surface area contributed by atoms with Crippen LogP contribution >= 0.6 is 0 Å². The molecule has 1 fully saturated rings. The SMILES string of the molecule is CC(C)(C)OC(=O)CCCCCN=C(N)NC1CCCCCC1. The van der Waals surface area contributed by atoms with Gasteiger partial charge in [-0.05, 0) is 46.5 Å². The molecule has 0 spiro atoms. The van der Waals surface area contributed by atoms with E-state index in [0.29, 0.717) is 18.4 Å². The van der Waals surface area contributed by atoms with Crippen molar-refractivity contribution < 1.29 is 9.53 Å². The van der Waals surface area contributed by atoms with Crippen LogP contribution in [0.3, 0.4) is 0 Å². The molecule has 0 aromatic heterocycles. The van der Waals surface area contributed by atoms with Gasteiger partial charge in [-0.2, -0.15) is 0 Å². The highest BCUT2D eigenvalue weighted by atomic mass is 16.6. The molecule has 0 aliphatic heterocycles. The van der Waals surface area contributed by atoms with Gasteiger partial charge in [-0.15, -0.1) is 0 Å². The van der Waals surface area contributed by atoms with Crippen LogP contribution in [0.5, 0.6) is 0 Å². The Balaban J connectivity index is 2.07. The maximum atomic E-state index is 11.6. The number of aliphatic imine (C=N–C) groups is 1. The number of ether oxygens (including phenoxy) is 1. The molecule has 23 heavy (non-hydrogen) atoms. The van der Waals surface area contributed by atoms with Gasteiger partial charge < -0.3 is 15.8 Å². The summed E-state index contributed by atoms with van der Waals surface area (Å²) in [6.07, 6.45) is 10.9. The van der Waals surface area contributed by atoms with Gasteiger partial charge in [0.25, 0.3) is 0 Å². The first-order chi connectivity index (χ1) is 10.9. The highest BCUT2D eigenvalue weighted by molar-refractivity contribution is 5.78. The molecule has 5 heteroatoms. The van der Waals surface area contributed by atoms with Crippen LogP contribution < -0.4 is 11.1 Å². The Morgan fingerprint density at radius 1 is 1.13 bits per heavy atom. The minimum Gasteiger partial charge on any atom is -0.460 e. The lowest BCUT2D eigenvalue weighted by Gasteiger charge is -2.19. The molecule has 3 N–H and O–H groups in total. The Labute approximate surface area is 141 Å². The first-order valence-electron chi connectivity index (χ1n) is 9.15. The molecule has 0 heterocycles. The zero-order chi connectivity index (χ0) is 17.1. The summed E-state index contributed by atoms with van der Waals surface area (Å²) in [7, 11) is 0. The molecule has 0 aromatic rings. The molecule has 5 nitrogen and oxygen atoms in total. The van der Waals surface area contributed by atoms with Gasteiger partial charge in [0.05, 0.1) is 0 Å². The second-order valence-corrected chi connectivity index (χ2v) is 7.50. The van der Waals surface area contributed by atoms with Crippen LogP contribution in [0.2, 0.25) is 0 Å². The lowest BCUT2D eigenvalue weighted by molar-refractivity contribution is -0.154. The number of nitrogens with zero attached hydrogens (tertiary/aromatic N) is 1. The summed E-state index contributed by atoms with van der Waals surface area (Å²) in [5.74, 6) is 0.458. The van der Waals surface area contributed by atoms with Crippen LogP contribution in [0.4, 0.5) is 0 Å². The Morgan fingerprint density at radius 2 is 1.78 bits per heavy atom. The standard InChI is InChI=1S/C18H35N3O2/c1-18(2,3)23-16(22)13-9-6-10-14-20-17(19)21-15-11-7-4-5-8-12-15/h15H,4-14H2,1-3H3,(H3,19,20,21). The molecule has 0 saturated heterocycles. The first kappa shape index (κ1) is 19.8. The third-order valence-electron chi connectivity index (χ3n) is 3.95. The fraction of sp³-hybridized carbons (Fsp3) is 0.889. The van der Waals surface area contributed by atoms with Crippen molar-refractivity contribution in [2.45, 2.75) is 96.6 Å². The Hall–Kier alpha value is -1.26. The summed E-state index contributed by atoms with van der Waals surface area (Å²) in [5, 5.41) is 3.35. The number of carbonyl (C=O) groups excluding carboxylic acids is 1. The van der Waals surface area contributed by atoms with Crippen LogP contribution in [0.25, 0.3) is 0 Å². The van der Waals surface area contributed by atoms with Crippen molar-refractivity contribution in [3.8, 4) is 0 Å². The molecule has 0 unspecified atom stereocenters. The lowest BCUT2D eigenvalue weighted by atomic mass is 10.1. The zero-order valence-corrected chi connectivity index (χ0v) is 15.2. The minimum atomic E-state index is -0.389. The van der Waals surface area contributed by atoms with Gasteiger partial charge in [0, 0.05) is 19.0 Å². The van der Waals surface area contributed by atoms with Crippen molar-refractivity contribution in [1.29, 1.82) is 0 Å². The van der Waals surface area contributed by atoms with Crippen molar-refractivity contribution in [2.24, 2.45) is 10.7 Å². The molecule has 1 aliphatic carbocycles. The van der Waals surface area contributed by atoms with Gasteiger partial charge in [-0.25, -0.2) is 0 Å². The van der Waals surface area contributed by atoms with E-state index in [0.717, 1.165) is 25.8 Å². The average Bonchev–Trinajstić information content (AvgIpc) is 2.69.